The lowest BCUT2D eigenvalue weighted by molar-refractivity contribution is -0.118. The summed E-state index contributed by atoms with van der Waals surface area (Å²) in [7, 11) is 1.57. The number of ether oxygens (including phenoxy) is 3. The molecule has 0 aliphatic carbocycles. The van der Waals surface area contributed by atoms with Crippen LogP contribution >= 0.6 is 11.8 Å². The van der Waals surface area contributed by atoms with E-state index in [4.69, 9.17) is 14.2 Å². The number of thioether (sulfide) groups is 1. The summed E-state index contributed by atoms with van der Waals surface area (Å²) in [4.78, 5) is 30.8. The lowest BCUT2D eigenvalue weighted by Crippen LogP contribution is -2.24. The minimum atomic E-state index is -0.350. The minimum absolute atomic E-state index is 0.00522. The Bertz CT molecular complexity index is 1790. The normalized spacial score (nSPS) is 11.0. The van der Waals surface area contributed by atoms with Crippen LogP contribution in [0.2, 0.25) is 0 Å². The van der Waals surface area contributed by atoms with Crippen molar-refractivity contribution in [3.63, 3.8) is 0 Å². The van der Waals surface area contributed by atoms with Gasteiger partial charge in [-0.15, -0.1) is 0 Å². The van der Waals surface area contributed by atoms with Crippen LogP contribution < -0.4 is 25.2 Å². The van der Waals surface area contributed by atoms with Crippen LogP contribution in [-0.4, -0.2) is 41.1 Å². The number of hydrogen-bond acceptors (Lipinski definition) is 8. The van der Waals surface area contributed by atoms with Gasteiger partial charge in [-0.25, -0.2) is 10.4 Å². The average Bonchev–Trinajstić information content (AvgIpc) is 3.04. The maximum atomic E-state index is 13.5. The van der Waals surface area contributed by atoms with Gasteiger partial charge in [0.25, 0.3) is 11.5 Å². The summed E-state index contributed by atoms with van der Waals surface area (Å²) in [6, 6.07) is 29.6. The zero-order chi connectivity index (χ0) is 30.0. The number of methoxy groups -OCH3 is 1. The van der Waals surface area contributed by atoms with Gasteiger partial charge in [-0.2, -0.15) is 5.10 Å². The first kappa shape index (κ1) is 29.4. The Kier molecular flexibility index (Phi) is 9.71. The molecule has 0 spiro atoms. The molecular weight excluding hydrogens is 564 g/mol. The fourth-order valence-corrected chi connectivity index (χ4v) is 5.06. The van der Waals surface area contributed by atoms with E-state index in [9.17, 15) is 9.59 Å². The molecule has 0 saturated carbocycles. The van der Waals surface area contributed by atoms with Gasteiger partial charge in [0.05, 0.1) is 42.3 Å². The van der Waals surface area contributed by atoms with Crippen molar-refractivity contribution in [3.05, 3.63) is 119 Å². The summed E-state index contributed by atoms with van der Waals surface area (Å²) in [6.45, 7) is 2.86. The highest BCUT2D eigenvalue weighted by Gasteiger charge is 2.15. The molecule has 1 N–H and O–H groups in total. The topological polar surface area (TPSA) is 104 Å². The Morgan fingerprint density at radius 1 is 0.953 bits per heavy atom. The van der Waals surface area contributed by atoms with Crippen molar-refractivity contribution in [2.45, 2.75) is 18.7 Å². The summed E-state index contributed by atoms with van der Waals surface area (Å²) in [6.07, 6.45) is 1.52. The number of hydrazone groups is 1. The average molecular weight is 595 g/mol. The fraction of sp³-hybridized carbons (Fsp3) is 0.152. The molecule has 10 heteroatoms. The van der Waals surface area contributed by atoms with Gasteiger partial charge in [0.15, 0.2) is 16.7 Å². The summed E-state index contributed by atoms with van der Waals surface area (Å²) in [5, 5.41) is 4.97. The minimum Gasteiger partial charge on any atom is -0.494 e. The van der Waals surface area contributed by atoms with E-state index in [1.54, 1.807) is 61.7 Å². The van der Waals surface area contributed by atoms with Crippen LogP contribution in [-0.2, 0) is 11.4 Å². The lowest BCUT2D eigenvalue weighted by Gasteiger charge is -2.13. The summed E-state index contributed by atoms with van der Waals surface area (Å²) < 4.78 is 18.4. The number of nitrogens with zero attached hydrogens (tertiary/aromatic N) is 3. The van der Waals surface area contributed by atoms with Crippen LogP contribution in [0.1, 0.15) is 18.1 Å². The molecule has 0 aliphatic heterocycles. The summed E-state index contributed by atoms with van der Waals surface area (Å²) >= 11 is 1.15. The van der Waals surface area contributed by atoms with Gasteiger partial charge in [-0.3, -0.25) is 14.2 Å². The van der Waals surface area contributed by atoms with E-state index in [2.05, 4.69) is 15.5 Å². The van der Waals surface area contributed by atoms with E-state index in [1.807, 2.05) is 49.4 Å². The van der Waals surface area contributed by atoms with E-state index in [1.165, 1.54) is 10.8 Å². The van der Waals surface area contributed by atoms with Crippen molar-refractivity contribution in [2.24, 2.45) is 5.10 Å². The number of aromatic nitrogens is 2. The highest BCUT2D eigenvalue weighted by Crippen LogP contribution is 2.28. The first-order valence-corrected chi connectivity index (χ1v) is 14.6. The molecule has 0 fully saturated rings. The van der Waals surface area contributed by atoms with E-state index in [-0.39, 0.29) is 17.2 Å². The zero-order valence-electron chi connectivity index (χ0n) is 23.7. The van der Waals surface area contributed by atoms with E-state index >= 15 is 0 Å². The van der Waals surface area contributed by atoms with Gasteiger partial charge >= 0.3 is 0 Å². The van der Waals surface area contributed by atoms with Crippen LogP contribution in [0.15, 0.2) is 112 Å². The van der Waals surface area contributed by atoms with Crippen LogP contribution in [0.25, 0.3) is 16.6 Å². The Balaban J connectivity index is 1.26. The quantitative estimate of drug-likeness (QED) is 0.0866. The van der Waals surface area contributed by atoms with Gasteiger partial charge in [-0.1, -0.05) is 54.2 Å². The van der Waals surface area contributed by atoms with Gasteiger partial charge in [0, 0.05) is 0 Å². The molecule has 9 nitrogen and oxygen atoms in total. The Morgan fingerprint density at radius 2 is 1.72 bits per heavy atom. The zero-order valence-corrected chi connectivity index (χ0v) is 24.5. The standard InChI is InChI=1S/C33H30N4O5S/c1-3-41-26-16-14-25(15-17-26)37-32(39)27-11-7-8-12-28(27)35-33(37)43-22-31(38)36-34-20-24-13-18-29(30(19-24)40-2)42-21-23-9-5-4-6-10-23/h4-20H,3,21-22H2,1-2H3,(H,36,38). The molecule has 5 rings (SSSR count). The molecule has 0 atom stereocenters. The molecule has 5 aromatic rings. The number of fused-ring (bicyclic) bond motifs is 1. The van der Waals surface area contributed by atoms with Crippen molar-refractivity contribution in [1.29, 1.82) is 0 Å². The summed E-state index contributed by atoms with van der Waals surface area (Å²) in [5.41, 5.74) is 5.26. The Morgan fingerprint density at radius 3 is 2.49 bits per heavy atom. The third kappa shape index (κ3) is 7.41. The van der Waals surface area contributed by atoms with E-state index < -0.39 is 0 Å². The van der Waals surface area contributed by atoms with E-state index in [0.29, 0.717) is 52.2 Å². The molecule has 0 aliphatic rings. The van der Waals surface area contributed by atoms with Crippen LogP contribution in [0, 0.1) is 0 Å². The van der Waals surface area contributed by atoms with E-state index in [0.717, 1.165) is 22.9 Å². The molecule has 218 valence electrons. The number of carbonyl (C=O) groups is 1. The molecule has 1 aromatic heterocycles. The molecule has 1 heterocycles. The fourth-order valence-electron chi connectivity index (χ4n) is 4.26. The first-order valence-electron chi connectivity index (χ1n) is 13.6. The number of carbonyl (C=O) groups excluding carboxylic acids is 1. The third-order valence-electron chi connectivity index (χ3n) is 6.31. The number of hydrogen-bond donors (Lipinski definition) is 1. The smallest absolute Gasteiger partial charge is 0.266 e. The molecule has 1 amide bonds. The molecule has 0 unspecified atom stereocenters. The number of para-hydroxylation sites is 1. The highest BCUT2D eigenvalue weighted by molar-refractivity contribution is 7.99. The second-order valence-electron chi connectivity index (χ2n) is 9.25. The van der Waals surface area contributed by atoms with Crippen molar-refractivity contribution in [3.8, 4) is 22.9 Å². The van der Waals surface area contributed by atoms with Crippen LogP contribution in [0.5, 0.6) is 17.2 Å². The molecule has 43 heavy (non-hydrogen) atoms. The van der Waals surface area contributed by atoms with Gasteiger partial charge in [-0.05, 0) is 72.6 Å². The van der Waals surface area contributed by atoms with Crippen LogP contribution in [0.3, 0.4) is 0 Å². The Hall–Kier alpha value is -5.09. The number of rotatable bonds is 12. The maximum absolute atomic E-state index is 13.5. The first-order chi connectivity index (χ1) is 21.1. The number of benzene rings is 4. The number of nitrogens with one attached hydrogen (secondary N) is 1. The molecule has 0 saturated heterocycles. The van der Waals surface area contributed by atoms with Crippen molar-refractivity contribution in [2.75, 3.05) is 19.5 Å². The maximum Gasteiger partial charge on any atom is 0.266 e. The van der Waals surface area contributed by atoms with Gasteiger partial charge in [0.1, 0.15) is 12.4 Å². The van der Waals surface area contributed by atoms with Gasteiger partial charge in [0.2, 0.25) is 0 Å². The predicted molar refractivity (Wildman–Crippen MR) is 169 cm³/mol. The number of amides is 1. The van der Waals surface area contributed by atoms with Crippen LogP contribution in [0.4, 0.5) is 0 Å². The molecule has 4 aromatic carbocycles. The molecule has 0 radical (unpaired) electrons. The largest absolute Gasteiger partial charge is 0.494 e. The van der Waals surface area contributed by atoms with Gasteiger partial charge < -0.3 is 14.2 Å². The lowest BCUT2D eigenvalue weighted by atomic mass is 10.2. The molecule has 0 bridgehead atoms. The van der Waals surface area contributed by atoms with Crippen molar-refractivity contribution >= 4 is 34.8 Å². The van der Waals surface area contributed by atoms with Crippen molar-refractivity contribution < 1.29 is 19.0 Å². The monoisotopic (exact) mass is 594 g/mol. The predicted octanol–water partition coefficient (Wildman–Crippen LogP) is 5.61. The highest BCUT2D eigenvalue weighted by atomic mass is 32.2. The second kappa shape index (κ2) is 14.2. The van der Waals surface area contributed by atoms with Crippen molar-refractivity contribution in [1.82, 2.24) is 15.0 Å². The SMILES string of the molecule is CCOc1ccc(-n2c(SCC(=O)NN=Cc3ccc(OCc4ccccc4)c(OC)c3)nc3ccccc3c2=O)cc1. The summed E-state index contributed by atoms with van der Waals surface area (Å²) in [5.74, 6) is 1.50. The Labute approximate surface area is 253 Å². The second-order valence-corrected chi connectivity index (χ2v) is 10.2. The third-order valence-corrected chi connectivity index (χ3v) is 7.25. The molecular formula is C33H30N4O5S.